The molecule has 2 rings (SSSR count). The predicted molar refractivity (Wildman–Crippen MR) is 95.9 cm³/mol. The summed E-state index contributed by atoms with van der Waals surface area (Å²) in [5.41, 5.74) is 2.89. The van der Waals surface area contributed by atoms with Crippen molar-refractivity contribution >= 4 is 5.91 Å². The Morgan fingerprint density at radius 3 is 2.38 bits per heavy atom. The summed E-state index contributed by atoms with van der Waals surface area (Å²) in [7, 11) is 3.39. The molecule has 0 saturated carbocycles. The minimum absolute atomic E-state index is 0.0179. The molecule has 2 aromatic carbocycles. The molecule has 4 nitrogen and oxygen atoms in total. The van der Waals surface area contributed by atoms with Crippen LogP contribution in [0.15, 0.2) is 42.5 Å². The minimum Gasteiger partial charge on any atom is -0.493 e. The summed E-state index contributed by atoms with van der Waals surface area (Å²) in [4.78, 5) is 14.5. The number of methoxy groups -OCH3 is 1. The molecule has 0 radical (unpaired) electrons. The number of hydrogen-bond donors (Lipinski definition) is 0. The number of carbonyl (C=O) groups excluding carboxylic acids is 1. The molecular formula is C20H25NO3. The lowest BCUT2D eigenvalue weighted by atomic mass is 10.0. The van der Waals surface area contributed by atoms with Crippen LogP contribution in [-0.2, 0) is 0 Å². The van der Waals surface area contributed by atoms with Crippen LogP contribution in [0, 0.1) is 6.92 Å². The minimum atomic E-state index is -0.0515. The van der Waals surface area contributed by atoms with Gasteiger partial charge in [0.05, 0.1) is 19.8 Å². The van der Waals surface area contributed by atoms with Gasteiger partial charge in [-0.05, 0) is 44.5 Å². The van der Waals surface area contributed by atoms with Crippen molar-refractivity contribution in [2.45, 2.75) is 26.8 Å². The lowest BCUT2D eigenvalue weighted by Gasteiger charge is -2.26. The molecule has 0 bridgehead atoms. The first kappa shape index (κ1) is 17.9. The van der Waals surface area contributed by atoms with Crippen molar-refractivity contribution in [2.75, 3.05) is 20.8 Å². The summed E-state index contributed by atoms with van der Waals surface area (Å²) >= 11 is 0. The average molecular weight is 327 g/mol. The third-order valence-electron chi connectivity index (χ3n) is 4.17. The van der Waals surface area contributed by atoms with Gasteiger partial charge in [0.2, 0.25) is 0 Å². The van der Waals surface area contributed by atoms with E-state index in [4.69, 9.17) is 9.47 Å². The second kappa shape index (κ2) is 7.86. The van der Waals surface area contributed by atoms with E-state index < -0.39 is 0 Å². The third kappa shape index (κ3) is 3.88. The van der Waals surface area contributed by atoms with Crippen molar-refractivity contribution in [3.8, 4) is 11.5 Å². The maximum Gasteiger partial charge on any atom is 0.254 e. The molecule has 0 heterocycles. The number of benzene rings is 2. The fourth-order valence-corrected chi connectivity index (χ4v) is 2.52. The Balaban J connectivity index is 2.22. The summed E-state index contributed by atoms with van der Waals surface area (Å²) in [5, 5.41) is 0. The third-order valence-corrected chi connectivity index (χ3v) is 4.17. The SMILES string of the molecule is CCOc1ccc(C(=O)N(C)C(C)c2ccc(C)cc2)cc1OC. The van der Waals surface area contributed by atoms with Gasteiger partial charge in [0, 0.05) is 12.6 Å². The Morgan fingerprint density at radius 1 is 1.12 bits per heavy atom. The van der Waals surface area contributed by atoms with Crippen LogP contribution in [0.1, 0.15) is 41.4 Å². The maximum absolute atomic E-state index is 12.8. The quantitative estimate of drug-likeness (QED) is 0.797. The first-order valence-electron chi connectivity index (χ1n) is 8.12. The lowest BCUT2D eigenvalue weighted by molar-refractivity contribution is 0.0742. The summed E-state index contributed by atoms with van der Waals surface area (Å²) in [6, 6.07) is 13.5. The second-order valence-corrected chi connectivity index (χ2v) is 5.80. The Kier molecular flexibility index (Phi) is 5.85. The van der Waals surface area contributed by atoms with E-state index in [-0.39, 0.29) is 11.9 Å². The summed E-state index contributed by atoms with van der Waals surface area (Å²) in [6.07, 6.45) is 0. The van der Waals surface area contributed by atoms with Crippen LogP contribution >= 0.6 is 0 Å². The van der Waals surface area contributed by atoms with Crippen molar-refractivity contribution in [2.24, 2.45) is 0 Å². The van der Waals surface area contributed by atoms with Gasteiger partial charge in [0.1, 0.15) is 0 Å². The zero-order valence-electron chi connectivity index (χ0n) is 15.0. The molecule has 1 amide bonds. The van der Waals surface area contributed by atoms with Gasteiger partial charge < -0.3 is 14.4 Å². The smallest absolute Gasteiger partial charge is 0.254 e. The van der Waals surface area contributed by atoms with E-state index in [2.05, 4.69) is 31.2 Å². The zero-order chi connectivity index (χ0) is 17.7. The van der Waals surface area contributed by atoms with Crippen LogP contribution < -0.4 is 9.47 Å². The van der Waals surface area contributed by atoms with Gasteiger partial charge in [0.25, 0.3) is 5.91 Å². The number of amides is 1. The maximum atomic E-state index is 12.8. The Hall–Kier alpha value is -2.49. The molecule has 0 saturated heterocycles. The molecule has 0 N–H and O–H groups in total. The van der Waals surface area contributed by atoms with E-state index in [0.717, 1.165) is 5.56 Å². The molecule has 128 valence electrons. The highest BCUT2D eigenvalue weighted by molar-refractivity contribution is 5.95. The normalized spacial score (nSPS) is 11.7. The number of nitrogens with zero attached hydrogens (tertiary/aromatic N) is 1. The zero-order valence-corrected chi connectivity index (χ0v) is 15.0. The standard InChI is InChI=1S/C20H25NO3/c1-6-24-18-12-11-17(13-19(18)23-5)20(22)21(4)15(3)16-9-7-14(2)8-10-16/h7-13,15H,6H2,1-5H3. The number of aryl methyl sites for hydroxylation is 1. The van der Waals surface area contributed by atoms with Gasteiger partial charge in [-0.25, -0.2) is 0 Å². The molecule has 1 atom stereocenters. The highest BCUT2D eigenvalue weighted by Gasteiger charge is 2.20. The molecule has 1 unspecified atom stereocenters. The highest BCUT2D eigenvalue weighted by atomic mass is 16.5. The lowest BCUT2D eigenvalue weighted by Crippen LogP contribution is -2.29. The van der Waals surface area contributed by atoms with Gasteiger partial charge >= 0.3 is 0 Å². The van der Waals surface area contributed by atoms with Gasteiger partial charge in [-0.3, -0.25) is 4.79 Å². The molecule has 2 aromatic rings. The molecular weight excluding hydrogens is 302 g/mol. The largest absolute Gasteiger partial charge is 0.493 e. The van der Waals surface area contributed by atoms with Crippen LogP contribution in [0.5, 0.6) is 11.5 Å². The van der Waals surface area contributed by atoms with Gasteiger partial charge in [-0.2, -0.15) is 0 Å². The number of rotatable bonds is 6. The van der Waals surface area contributed by atoms with Crippen LogP contribution in [0.25, 0.3) is 0 Å². The average Bonchev–Trinajstić information content (AvgIpc) is 2.61. The highest BCUT2D eigenvalue weighted by Crippen LogP contribution is 2.29. The van der Waals surface area contributed by atoms with Crippen molar-refractivity contribution in [1.29, 1.82) is 0 Å². The molecule has 0 aliphatic heterocycles. The molecule has 0 aliphatic carbocycles. The van der Waals surface area contributed by atoms with Crippen LogP contribution in [0.2, 0.25) is 0 Å². The Bertz CT molecular complexity index is 695. The van der Waals surface area contributed by atoms with Crippen molar-refractivity contribution in [3.05, 3.63) is 59.2 Å². The van der Waals surface area contributed by atoms with Crippen LogP contribution in [0.4, 0.5) is 0 Å². The van der Waals surface area contributed by atoms with Crippen molar-refractivity contribution in [3.63, 3.8) is 0 Å². The molecule has 0 spiro atoms. The van der Waals surface area contributed by atoms with E-state index in [1.54, 1.807) is 30.2 Å². The summed E-state index contributed by atoms with van der Waals surface area (Å²) in [6.45, 7) is 6.54. The topological polar surface area (TPSA) is 38.8 Å². The van der Waals surface area contributed by atoms with E-state index in [1.807, 2.05) is 20.9 Å². The van der Waals surface area contributed by atoms with E-state index >= 15 is 0 Å². The van der Waals surface area contributed by atoms with E-state index in [1.165, 1.54) is 5.56 Å². The predicted octanol–water partition coefficient (Wildman–Crippen LogP) is 4.24. The van der Waals surface area contributed by atoms with Crippen LogP contribution in [0.3, 0.4) is 0 Å². The first-order valence-corrected chi connectivity index (χ1v) is 8.12. The first-order chi connectivity index (χ1) is 11.5. The number of ether oxygens (including phenoxy) is 2. The van der Waals surface area contributed by atoms with Crippen molar-refractivity contribution in [1.82, 2.24) is 4.90 Å². The molecule has 0 aliphatic rings. The Labute approximate surface area is 144 Å². The van der Waals surface area contributed by atoms with Gasteiger partial charge in [-0.15, -0.1) is 0 Å². The summed E-state index contributed by atoms with van der Waals surface area (Å²) < 4.78 is 10.8. The Morgan fingerprint density at radius 2 is 1.79 bits per heavy atom. The van der Waals surface area contributed by atoms with Gasteiger partial charge in [0.15, 0.2) is 11.5 Å². The molecule has 4 heteroatoms. The molecule has 24 heavy (non-hydrogen) atoms. The van der Waals surface area contributed by atoms with E-state index in [0.29, 0.717) is 23.7 Å². The van der Waals surface area contributed by atoms with Gasteiger partial charge in [-0.1, -0.05) is 29.8 Å². The number of hydrogen-bond acceptors (Lipinski definition) is 3. The fourth-order valence-electron chi connectivity index (χ4n) is 2.52. The number of carbonyl (C=O) groups is 1. The fraction of sp³-hybridized carbons (Fsp3) is 0.350. The van der Waals surface area contributed by atoms with Crippen molar-refractivity contribution < 1.29 is 14.3 Å². The van der Waals surface area contributed by atoms with E-state index in [9.17, 15) is 4.79 Å². The summed E-state index contributed by atoms with van der Waals surface area (Å²) in [5.74, 6) is 1.16. The van der Waals surface area contributed by atoms with Crippen LogP contribution in [-0.4, -0.2) is 31.6 Å². The monoisotopic (exact) mass is 327 g/mol. The second-order valence-electron chi connectivity index (χ2n) is 5.80. The molecule has 0 fully saturated rings. The molecule has 0 aromatic heterocycles.